The number of fused-ring (bicyclic) bond motifs is 1. The number of aldehydes is 1. The second-order valence-corrected chi connectivity index (χ2v) is 10.8. The van der Waals surface area contributed by atoms with E-state index in [0.29, 0.717) is 12.1 Å². The number of benzene rings is 2. The number of aliphatic hydroxyl groups is 2. The van der Waals surface area contributed by atoms with E-state index in [9.17, 15) is 9.59 Å². The third-order valence-corrected chi connectivity index (χ3v) is 6.85. The number of allylic oxidation sites excluding steroid dienone is 7. The summed E-state index contributed by atoms with van der Waals surface area (Å²) in [4.78, 5) is 21.1. The third kappa shape index (κ3) is 14.9. The van der Waals surface area contributed by atoms with E-state index in [0.717, 1.165) is 50.6 Å². The molecule has 0 radical (unpaired) electrons. The number of carbonyl (C=O) groups excluding carboxylic acids is 2. The van der Waals surface area contributed by atoms with Gasteiger partial charge in [-0.05, 0) is 86.3 Å². The fourth-order valence-electron chi connectivity index (χ4n) is 4.46. The van der Waals surface area contributed by atoms with Crippen molar-refractivity contribution in [1.29, 1.82) is 0 Å². The van der Waals surface area contributed by atoms with Gasteiger partial charge in [0.05, 0.1) is 6.61 Å². The van der Waals surface area contributed by atoms with Gasteiger partial charge in [0.15, 0.2) is 0 Å². The van der Waals surface area contributed by atoms with Crippen LogP contribution in [0.3, 0.4) is 0 Å². The van der Waals surface area contributed by atoms with Gasteiger partial charge in [-0.1, -0.05) is 98.2 Å². The Morgan fingerprint density at radius 3 is 2.38 bits per heavy atom. The Morgan fingerprint density at radius 1 is 1.02 bits per heavy atom. The number of unbranched alkanes of at least 4 members (excludes halogenated alkanes) is 1. The number of rotatable bonds is 10. The van der Waals surface area contributed by atoms with Crippen molar-refractivity contribution in [2.24, 2.45) is 5.92 Å². The molecule has 0 saturated carbocycles. The Morgan fingerprint density at radius 2 is 1.74 bits per heavy atom. The molecule has 2 aliphatic rings. The molecule has 0 aromatic heterocycles. The van der Waals surface area contributed by atoms with Crippen molar-refractivity contribution < 1.29 is 19.8 Å². The number of amides is 1. The van der Waals surface area contributed by atoms with Crippen molar-refractivity contribution >= 4 is 18.3 Å². The Hall–Kier alpha value is -3.54. The van der Waals surface area contributed by atoms with E-state index in [1.807, 2.05) is 19.1 Å². The lowest BCUT2D eigenvalue weighted by Crippen LogP contribution is -2.26. The summed E-state index contributed by atoms with van der Waals surface area (Å²) in [6.45, 7) is 8.80. The topological polar surface area (TPSA) is 86.6 Å². The number of nitrogens with one attached hydrogen (secondary N) is 1. The molecule has 0 bridgehead atoms. The average molecular weight is 574 g/mol. The molecule has 2 aromatic rings. The number of hydrogen-bond donors (Lipinski definition) is 3. The molecule has 0 aliphatic heterocycles. The van der Waals surface area contributed by atoms with Crippen molar-refractivity contribution in [1.82, 2.24) is 5.32 Å². The van der Waals surface area contributed by atoms with Gasteiger partial charge in [-0.15, -0.1) is 0 Å². The molecule has 0 heterocycles. The Bertz CT molecular complexity index is 1190. The molecule has 228 valence electrons. The van der Waals surface area contributed by atoms with E-state index < -0.39 is 0 Å². The largest absolute Gasteiger partial charge is 0.400 e. The first-order valence-electron chi connectivity index (χ1n) is 15.0. The number of aryl methyl sites for hydroxylation is 1. The van der Waals surface area contributed by atoms with Gasteiger partial charge in [0.2, 0.25) is 0 Å². The van der Waals surface area contributed by atoms with Gasteiger partial charge in [-0.25, -0.2) is 0 Å². The van der Waals surface area contributed by atoms with Crippen LogP contribution >= 0.6 is 0 Å². The predicted octanol–water partition coefficient (Wildman–Crippen LogP) is 7.58. The number of aliphatic hydroxyl groups excluding tert-OH is 2. The van der Waals surface area contributed by atoms with E-state index in [4.69, 9.17) is 10.2 Å². The first kappa shape index (κ1) is 36.5. The molecule has 0 unspecified atom stereocenters. The molecule has 3 N–H and O–H groups in total. The van der Waals surface area contributed by atoms with Crippen molar-refractivity contribution in [2.45, 2.75) is 72.6 Å². The Balaban J connectivity index is 0.000000334. The first-order chi connectivity index (χ1) is 20.3. The summed E-state index contributed by atoms with van der Waals surface area (Å²) < 4.78 is 0. The van der Waals surface area contributed by atoms with Crippen molar-refractivity contribution in [3.05, 3.63) is 112 Å². The lowest BCUT2D eigenvalue weighted by atomic mass is 9.98. The van der Waals surface area contributed by atoms with Crippen LogP contribution in [0.4, 0.5) is 0 Å². The molecular formula is C37H51NO4. The van der Waals surface area contributed by atoms with E-state index in [-0.39, 0.29) is 12.5 Å². The highest BCUT2D eigenvalue weighted by Crippen LogP contribution is 2.30. The highest BCUT2D eigenvalue weighted by Gasteiger charge is 2.12. The standard InChI is InChI=1S/C19H20.C10H13NO2.C7H14O.CH4O/c1-15-7-3-2-4-8-17(15)12-11-16-13-18-9-5-6-10-19(18)14-16;1-8-2-4-9(5-3-8)10(13)11-6-7-12;1-7(2)5-3-4-6-8;1-2/h2-3,5-10,13H,4,11-12,14H2,1H3;2-5,12H,6-7H2,1H3,(H,11,13);6-7H,3-5H2,1-2H3;2H,1H3. The zero-order valence-corrected chi connectivity index (χ0v) is 26.2. The lowest BCUT2D eigenvalue weighted by molar-refractivity contribution is -0.107. The van der Waals surface area contributed by atoms with Crippen LogP contribution in [0.15, 0.2) is 89.6 Å². The van der Waals surface area contributed by atoms with Crippen molar-refractivity contribution in [2.75, 3.05) is 20.3 Å². The molecule has 0 spiro atoms. The number of carbonyl (C=O) groups is 2. The quantitative estimate of drug-likeness (QED) is 0.202. The molecule has 2 aliphatic carbocycles. The fourth-order valence-corrected chi connectivity index (χ4v) is 4.46. The molecule has 0 atom stereocenters. The molecule has 2 aromatic carbocycles. The minimum atomic E-state index is -0.144. The highest BCUT2D eigenvalue weighted by atomic mass is 16.3. The Kier molecular flexibility index (Phi) is 19.2. The van der Waals surface area contributed by atoms with Crippen LogP contribution < -0.4 is 5.32 Å². The SMILES string of the molecule is CC(C)CCCC=O.CC1=CC=CCC=C1CCC1=Cc2ccccc2C1.CO.Cc1ccc(C(=O)NCCO)cc1. The molecule has 1 amide bonds. The second kappa shape index (κ2) is 22.1. The minimum Gasteiger partial charge on any atom is -0.400 e. The van der Waals surface area contributed by atoms with Crippen molar-refractivity contribution in [3.63, 3.8) is 0 Å². The zero-order chi connectivity index (χ0) is 31.2. The van der Waals surface area contributed by atoms with Crippen LogP contribution in [0.1, 0.15) is 86.3 Å². The number of hydrogen-bond acceptors (Lipinski definition) is 4. The van der Waals surface area contributed by atoms with E-state index >= 15 is 0 Å². The normalized spacial score (nSPS) is 12.9. The van der Waals surface area contributed by atoms with Gasteiger partial charge in [-0.2, -0.15) is 0 Å². The van der Waals surface area contributed by atoms with Crippen LogP contribution in [0.5, 0.6) is 0 Å². The fraction of sp³-hybridized carbons (Fsp3) is 0.405. The van der Waals surface area contributed by atoms with Crippen LogP contribution in [0.25, 0.3) is 6.08 Å². The first-order valence-corrected chi connectivity index (χ1v) is 15.0. The molecule has 4 rings (SSSR count). The van der Waals surface area contributed by atoms with E-state index in [1.165, 1.54) is 41.5 Å². The smallest absolute Gasteiger partial charge is 0.251 e. The maximum absolute atomic E-state index is 11.3. The Labute approximate surface area is 253 Å². The summed E-state index contributed by atoms with van der Waals surface area (Å²) in [6, 6.07) is 16.0. The molecule has 5 heteroatoms. The van der Waals surface area contributed by atoms with Crippen LogP contribution in [-0.2, 0) is 11.2 Å². The van der Waals surface area contributed by atoms with Gasteiger partial charge in [0.1, 0.15) is 6.29 Å². The van der Waals surface area contributed by atoms with E-state index in [1.54, 1.807) is 17.7 Å². The maximum atomic E-state index is 11.3. The molecule has 42 heavy (non-hydrogen) atoms. The van der Waals surface area contributed by atoms with Gasteiger partial charge in [-0.3, -0.25) is 4.79 Å². The van der Waals surface area contributed by atoms with Crippen LogP contribution in [-0.4, -0.2) is 42.7 Å². The summed E-state index contributed by atoms with van der Waals surface area (Å²) in [5, 5.41) is 18.1. The van der Waals surface area contributed by atoms with Gasteiger partial charge in [0, 0.05) is 25.6 Å². The van der Waals surface area contributed by atoms with Gasteiger partial charge < -0.3 is 20.3 Å². The predicted molar refractivity (Wildman–Crippen MR) is 176 cm³/mol. The summed E-state index contributed by atoms with van der Waals surface area (Å²) in [5.74, 6) is 0.601. The lowest BCUT2D eigenvalue weighted by Gasteiger charge is -2.08. The maximum Gasteiger partial charge on any atom is 0.251 e. The van der Waals surface area contributed by atoms with Crippen molar-refractivity contribution in [3.8, 4) is 0 Å². The summed E-state index contributed by atoms with van der Waals surface area (Å²) >= 11 is 0. The van der Waals surface area contributed by atoms with E-state index in [2.05, 4.69) is 80.7 Å². The molecule has 5 nitrogen and oxygen atoms in total. The third-order valence-electron chi connectivity index (χ3n) is 6.85. The summed E-state index contributed by atoms with van der Waals surface area (Å²) in [7, 11) is 1.00. The summed E-state index contributed by atoms with van der Waals surface area (Å²) in [5.41, 5.74) is 9.17. The molecular weight excluding hydrogens is 522 g/mol. The summed E-state index contributed by atoms with van der Waals surface area (Å²) in [6.07, 6.45) is 19.9. The highest BCUT2D eigenvalue weighted by molar-refractivity contribution is 5.94. The van der Waals surface area contributed by atoms with Gasteiger partial charge >= 0.3 is 0 Å². The molecule has 0 fully saturated rings. The average Bonchev–Trinajstić information content (AvgIpc) is 3.31. The molecule has 0 saturated heterocycles. The second-order valence-electron chi connectivity index (χ2n) is 10.8. The minimum absolute atomic E-state index is 0.0302. The van der Waals surface area contributed by atoms with Crippen LogP contribution in [0, 0.1) is 12.8 Å². The van der Waals surface area contributed by atoms with Crippen LogP contribution in [0.2, 0.25) is 0 Å². The van der Waals surface area contributed by atoms with Gasteiger partial charge in [0.25, 0.3) is 5.91 Å². The zero-order valence-electron chi connectivity index (χ0n) is 26.2. The monoisotopic (exact) mass is 573 g/mol.